The van der Waals surface area contributed by atoms with Crippen molar-refractivity contribution in [2.24, 2.45) is 0 Å². The molecule has 1 rings (SSSR count). The van der Waals surface area contributed by atoms with Crippen LogP contribution >= 0.6 is 11.6 Å². The molecule has 0 aromatic heterocycles. The molecule has 1 aromatic carbocycles. The van der Waals surface area contributed by atoms with Crippen LogP contribution in [0.2, 0.25) is 5.02 Å². The number of aryl methyl sites for hydroxylation is 1. The van der Waals surface area contributed by atoms with E-state index in [9.17, 15) is 4.79 Å². The van der Waals surface area contributed by atoms with Crippen LogP contribution in [0.25, 0.3) is 0 Å². The Morgan fingerprint density at radius 2 is 2.14 bits per heavy atom. The number of carbonyl (C=O) groups excluding carboxylic acids is 1. The zero-order chi connectivity index (χ0) is 10.6. The molecule has 0 atom stereocenters. The highest BCUT2D eigenvalue weighted by atomic mass is 35.5. The molecule has 0 heterocycles. The van der Waals surface area contributed by atoms with E-state index in [0.29, 0.717) is 12.8 Å². The van der Waals surface area contributed by atoms with Crippen molar-refractivity contribution in [3.63, 3.8) is 0 Å². The lowest BCUT2D eigenvalue weighted by Gasteiger charge is -2.02. The van der Waals surface area contributed by atoms with Gasteiger partial charge in [-0.2, -0.15) is 0 Å². The maximum Gasteiger partial charge on any atom is 0.137 e. The second-order valence-corrected chi connectivity index (χ2v) is 3.96. The standard InChI is InChI=1S/C12H15ClO/c1-3-4-11(14)7-10-6-5-9(2)12(13)8-10/h5-6,8H,3-4,7H2,1-2H3. The summed E-state index contributed by atoms with van der Waals surface area (Å²) < 4.78 is 0. The Morgan fingerprint density at radius 3 is 2.71 bits per heavy atom. The third kappa shape index (κ3) is 3.15. The average Bonchev–Trinajstić information content (AvgIpc) is 2.12. The van der Waals surface area contributed by atoms with Crippen LogP contribution in [0.4, 0.5) is 0 Å². The lowest BCUT2D eigenvalue weighted by Crippen LogP contribution is -2.01. The van der Waals surface area contributed by atoms with Gasteiger partial charge in [0.05, 0.1) is 0 Å². The van der Waals surface area contributed by atoms with Crippen LogP contribution in [-0.4, -0.2) is 5.78 Å². The molecule has 0 amide bonds. The minimum atomic E-state index is 0.285. The summed E-state index contributed by atoms with van der Waals surface area (Å²) >= 11 is 5.96. The Balaban J connectivity index is 2.68. The highest BCUT2D eigenvalue weighted by molar-refractivity contribution is 6.31. The fourth-order valence-electron chi connectivity index (χ4n) is 1.34. The predicted octanol–water partition coefficient (Wildman–Crippen LogP) is 3.56. The molecule has 0 unspecified atom stereocenters. The SMILES string of the molecule is CCCC(=O)Cc1ccc(C)c(Cl)c1. The number of halogens is 1. The van der Waals surface area contributed by atoms with Gasteiger partial charge in [0.1, 0.15) is 5.78 Å². The summed E-state index contributed by atoms with van der Waals surface area (Å²) in [5.41, 5.74) is 2.07. The molecular formula is C12H15ClO. The van der Waals surface area contributed by atoms with Gasteiger partial charge in [-0.25, -0.2) is 0 Å². The summed E-state index contributed by atoms with van der Waals surface area (Å²) in [6.45, 7) is 3.97. The number of benzene rings is 1. The van der Waals surface area contributed by atoms with E-state index in [2.05, 4.69) is 0 Å². The van der Waals surface area contributed by atoms with Gasteiger partial charge in [-0.1, -0.05) is 30.7 Å². The lowest BCUT2D eigenvalue weighted by molar-refractivity contribution is -0.118. The largest absolute Gasteiger partial charge is 0.299 e. The number of ketones is 1. The van der Waals surface area contributed by atoms with Crippen molar-refractivity contribution in [2.45, 2.75) is 33.1 Å². The van der Waals surface area contributed by atoms with Crippen LogP contribution in [-0.2, 0) is 11.2 Å². The molecule has 14 heavy (non-hydrogen) atoms. The summed E-state index contributed by atoms with van der Waals surface area (Å²) in [7, 11) is 0. The number of hydrogen-bond donors (Lipinski definition) is 0. The van der Waals surface area contributed by atoms with Crippen molar-refractivity contribution >= 4 is 17.4 Å². The Bertz CT molecular complexity index is 331. The fraction of sp³-hybridized carbons (Fsp3) is 0.417. The summed E-state index contributed by atoms with van der Waals surface area (Å²) in [6, 6.07) is 5.80. The van der Waals surface area contributed by atoms with Gasteiger partial charge in [-0.05, 0) is 30.5 Å². The van der Waals surface area contributed by atoms with Crippen molar-refractivity contribution < 1.29 is 4.79 Å². The first-order valence-corrected chi connectivity index (χ1v) is 5.28. The highest BCUT2D eigenvalue weighted by Crippen LogP contribution is 2.17. The van der Waals surface area contributed by atoms with Crippen molar-refractivity contribution in [1.29, 1.82) is 0 Å². The van der Waals surface area contributed by atoms with Crippen LogP contribution in [0, 0.1) is 6.92 Å². The molecule has 0 spiro atoms. The van der Waals surface area contributed by atoms with Crippen molar-refractivity contribution in [3.05, 3.63) is 34.3 Å². The van der Waals surface area contributed by atoms with Crippen molar-refractivity contribution in [2.75, 3.05) is 0 Å². The molecule has 0 saturated heterocycles. The third-order valence-corrected chi connectivity index (χ3v) is 2.57. The van der Waals surface area contributed by atoms with Crippen LogP contribution in [0.15, 0.2) is 18.2 Å². The molecular weight excluding hydrogens is 196 g/mol. The van der Waals surface area contributed by atoms with Crippen molar-refractivity contribution in [3.8, 4) is 0 Å². The van der Waals surface area contributed by atoms with Crippen LogP contribution in [0.5, 0.6) is 0 Å². The Morgan fingerprint density at radius 1 is 1.43 bits per heavy atom. The van der Waals surface area contributed by atoms with E-state index in [-0.39, 0.29) is 5.78 Å². The van der Waals surface area contributed by atoms with Gasteiger partial charge in [-0.15, -0.1) is 0 Å². The molecule has 76 valence electrons. The molecule has 0 fully saturated rings. The second kappa shape index (κ2) is 5.16. The van der Waals surface area contributed by atoms with E-state index in [4.69, 9.17) is 11.6 Å². The summed E-state index contributed by atoms with van der Waals surface area (Å²) in [4.78, 5) is 11.4. The molecule has 0 bridgehead atoms. The number of rotatable bonds is 4. The van der Waals surface area contributed by atoms with E-state index >= 15 is 0 Å². The number of carbonyl (C=O) groups is 1. The molecule has 0 N–H and O–H groups in total. The van der Waals surface area contributed by atoms with Crippen molar-refractivity contribution in [1.82, 2.24) is 0 Å². The zero-order valence-corrected chi connectivity index (χ0v) is 9.40. The highest BCUT2D eigenvalue weighted by Gasteiger charge is 2.03. The summed E-state index contributed by atoms with van der Waals surface area (Å²) in [5.74, 6) is 0.285. The van der Waals surface area contributed by atoms with Crippen LogP contribution in [0.1, 0.15) is 30.9 Å². The van der Waals surface area contributed by atoms with Gasteiger partial charge in [0, 0.05) is 17.9 Å². The lowest BCUT2D eigenvalue weighted by atomic mass is 10.0. The van der Waals surface area contributed by atoms with E-state index in [0.717, 1.165) is 22.6 Å². The van der Waals surface area contributed by atoms with Crippen LogP contribution in [0.3, 0.4) is 0 Å². The second-order valence-electron chi connectivity index (χ2n) is 3.55. The molecule has 0 aliphatic rings. The normalized spacial score (nSPS) is 10.2. The quantitative estimate of drug-likeness (QED) is 0.743. The molecule has 0 saturated carbocycles. The van der Waals surface area contributed by atoms with Crippen LogP contribution < -0.4 is 0 Å². The molecule has 1 nitrogen and oxygen atoms in total. The molecule has 0 aliphatic carbocycles. The first-order valence-electron chi connectivity index (χ1n) is 4.90. The van der Waals surface area contributed by atoms with Gasteiger partial charge in [0.25, 0.3) is 0 Å². The minimum Gasteiger partial charge on any atom is -0.299 e. The predicted molar refractivity (Wildman–Crippen MR) is 59.8 cm³/mol. The van der Waals surface area contributed by atoms with Gasteiger partial charge in [-0.3, -0.25) is 4.79 Å². The van der Waals surface area contributed by atoms with Gasteiger partial charge in [0.2, 0.25) is 0 Å². The Kier molecular flexibility index (Phi) is 4.15. The molecule has 1 aromatic rings. The molecule has 2 heteroatoms. The van der Waals surface area contributed by atoms with E-state index in [1.54, 1.807) is 0 Å². The Hall–Kier alpha value is -0.820. The smallest absolute Gasteiger partial charge is 0.137 e. The van der Waals surface area contributed by atoms with E-state index in [1.165, 1.54) is 0 Å². The molecule has 0 aliphatic heterocycles. The zero-order valence-electron chi connectivity index (χ0n) is 8.64. The van der Waals surface area contributed by atoms with Gasteiger partial charge in [0.15, 0.2) is 0 Å². The molecule has 0 radical (unpaired) electrons. The topological polar surface area (TPSA) is 17.1 Å². The summed E-state index contributed by atoms with van der Waals surface area (Å²) in [5, 5.41) is 0.742. The minimum absolute atomic E-state index is 0.285. The number of hydrogen-bond acceptors (Lipinski definition) is 1. The fourth-order valence-corrected chi connectivity index (χ4v) is 1.54. The van der Waals surface area contributed by atoms with E-state index < -0.39 is 0 Å². The monoisotopic (exact) mass is 210 g/mol. The average molecular weight is 211 g/mol. The van der Waals surface area contributed by atoms with E-state index in [1.807, 2.05) is 32.0 Å². The first-order chi connectivity index (χ1) is 6.63. The first kappa shape index (κ1) is 11.3. The number of Topliss-reactive ketones (excluding diaryl/α,β-unsaturated/α-hetero) is 1. The third-order valence-electron chi connectivity index (χ3n) is 2.17. The maximum atomic E-state index is 11.4. The van der Waals surface area contributed by atoms with Gasteiger partial charge >= 0.3 is 0 Å². The maximum absolute atomic E-state index is 11.4. The van der Waals surface area contributed by atoms with Gasteiger partial charge < -0.3 is 0 Å². The summed E-state index contributed by atoms with van der Waals surface area (Å²) in [6.07, 6.45) is 2.08. The Labute approximate surface area is 90.1 Å².